The summed E-state index contributed by atoms with van der Waals surface area (Å²) in [6.07, 6.45) is 1.06. The van der Waals surface area contributed by atoms with Crippen LogP contribution in [0, 0.1) is 12.7 Å². The first kappa shape index (κ1) is 16.1. The Labute approximate surface area is 117 Å². The molecule has 19 heavy (non-hydrogen) atoms. The minimum absolute atomic E-state index is 0.0864. The molecule has 0 aliphatic heterocycles. The summed E-state index contributed by atoms with van der Waals surface area (Å²) in [5.41, 5.74) is 1.62. The predicted molar refractivity (Wildman–Crippen MR) is 79.9 cm³/mol. The summed E-state index contributed by atoms with van der Waals surface area (Å²) in [4.78, 5) is 2.18. The molecule has 2 nitrogen and oxygen atoms in total. The van der Waals surface area contributed by atoms with Crippen molar-refractivity contribution >= 4 is 0 Å². The van der Waals surface area contributed by atoms with Crippen LogP contribution < -0.4 is 5.32 Å². The van der Waals surface area contributed by atoms with Crippen LogP contribution in [-0.2, 0) is 0 Å². The first-order chi connectivity index (χ1) is 8.80. The smallest absolute Gasteiger partial charge is 0.126 e. The summed E-state index contributed by atoms with van der Waals surface area (Å²) in [5.74, 6) is -0.129. The lowest BCUT2D eigenvalue weighted by Crippen LogP contribution is -2.49. The second-order valence-electron chi connectivity index (χ2n) is 5.94. The zero-order chi connectivity index (χ0) is 14.6. The van der Waals surface area contributed by atoms with Crippen LogP contribution >= 0.6 is 0 Å². The van der Waals surface area contributed by atoms with Crippen molar-refractivity contribution in [3.63, 3.8) is 0 Å². The van der Waals surface area contributed by atoms with E-state index >= 15 is 0 Å². The van der Waals surface area contributed by atoms with Gasteiger partial charge in [0.2, 0.25) is 0 Å². The summed E-state index contributed by atoms with van der Waals surface area (Å²) in [6, 6.07) is 5.65. The molecule has 0 fully saturated rings. The van der Waals surface area contributed by atoms with Crippen LogP contribution in [0.25, 0.3) is 0 Å². The van der Waals surface area contributed by atoms with E-state index in [-0.39, 0.29) is 17.4 Å². The van der Waals surface area contributed by atoms with Crippen LogP contribution in [0.3, 0.4) is 0 Å². The summed E-state index contributed by atoms with van der Waals surface area (Å²) in [6.45, 7) is 9.22. The fourth-order valence-corrected chi connectivity index (χ4v) is 2.11. The number of nitrogens with one attached hydrogen (secondary N) is 1. The number of benzene rings is 1. The van der Waals surface area contributed by atoms with Crippen molar-refractivity contribution in [2.24, 2.45) is 0 Å². The van der Waals surface area contributed by atoms with E-state index in [9.17, 15) is 4.39 Å². The second-order valence-corrected chi connectivity index (χ2v) is 5.94. The first-order valence-corrected chi connectivity index (χ1v) is 6.97. The molecule has 0 saturated carbocycles. The minimum atomic E-state index is -0.129. The van der Waals surface area contributed by atoms with E-state index in [1.54, 1.807) is 13.0 Å². The van der Waals surface area contributed by atoms with Crippen LogP contribution in [-0.4, -0.2) is 31.1 Å². The summed E-state index contributed by atoms with van der Waals surface area (Å²) in [7, 11) is 4.12. The van der Waals surface area contributed by atoms with E-state index in [2.05, 4.69) is 45.1 Å². The monoisotopic (exact) mass is 266 g/mol. The van der Waals surface area contributed by atoms with Gasteiger partial charge in [-0.15, -0.1) is 0 Å². The van der Waals surface area contributed by atoms with Gasteiger partial charge >= 0.3 is 0 Å². The Balaban J connectivity index is 3.12. The van der Waals surface area contributed by atoms with Gasteiger partial charge in [-0.2, -0.15) is 0 Å². The van der Waals surface area contributed by atoms with Gasteiger partial charge in [0.05, 0.1) is 6.04 Å². The lowest BCUT2D eigenvalue weighted by atomic mass is 9.87. The van der Waals surface area contributed by atoms with Gasteiger partial charge in [0, 0.05) is 5.54 Å². The number of hydrogen-bond acceptors (Lipinski definition) is 2. The van der Waals surface area contributed by atoms with Gasteiger partial charge in [0.25, 0.3) is 0 Å². The van der Waals surface area contributed by atoms with Crippen LogP contribution in [0.4, 0.5) is 4.39 Å². The van der Waals surface area contributed by atoms with Crippen molar-refractivity contribution in [2.75, 3.05) is 20.6 Å². The third kappa shape index (κ3) is 3.77. The Kier molecular flexibility index (Phi) is 5.50. The molecule has 3 heteroatoms. The molecule has 1 rings (SSSR count). The second kappa shape index (κ2) is 6.49. The Morgan fingerprint density at radius 2 is 1.95 bits per heavy atom. The standard InChI is InChI=1S/C16H27FN2/c1-7-10-18-15(16(3,4)19(5)6)13-9-8-12(2)14(17)11-13/h8-9,11,15,18H,7,10H2,1-6H3. The van der Waals surface area contributed by atoms with Gasteiger partial charge in [-0.25, -0.2) is 4.39 Å². The number of halogens is 1. The topological polar surface area (TPSA) is 15.3 Å². The van der Waals surface area contributed by atoms with E-state index in [0.717, 1.165) is 18.5 Å². The third-order valence-electron chi connectivity index (χ3n) is 3.99. The van der Waals surface area contributed by atoms with Crippen molar-refractivity contribution in [2.45, 2.75) is 45.7 Å². The highest BCUT2D eigenvalue weighted by Crippen LogP contribution is 2.30. The highest BCUT2D eigenvalue weighted by atomic mass is 19.1. The van der Waals surface area contributed by atoms with Gasteiger partial charge in [-0.05, 0) is 65.0 Å². The van der Waals surface area contributed by atoms with E-state index in [0.29, 0.717) is 5.56 Å². The molecule has 0 spiro atoms. The number of aryl methyl sites for hydroxylation is 1. The van der Waals surface area contributed by atoms with Crippen LogP contribution in [0.1, 0.15) is 44.4 Å². The Morgan fingerprint density at radius 1 is 1.32 bits per heavy atom. The number of likely N-dealkylation sites (N-methyl/N-ethyl adjacent to an activating group) is 1. The third-order valence-corrected chi connectivity index (χ3v) is 3.99. The molecule has 0 radical (unpaired) electrons. The van der Waals surface area contributed by atoms with Crippen molar-refractivity contribution in [3.8, 4) is 0 Å². The molecule has 1 aromatic rings. The highest BCUT2D eigenvalue weighted by molar-refractivity contribution is 5.28. The predicted octanol–water partition coefficient (Wildman–Crippen LogP) is 3.52. The van der Waals surface area contributed by atoms with E-state index < -0.39 is 0 Å². The molecule has 108 valence electrons. The zero-order valence-corrected chi connectivity index (χ0v) is 13.0. The summed E-state index contributed by atoms with van der Waals surface area (Å²) >= 11 is 0. The van der Waals surface area contributed by atoms with E-state index in [4.69, 9.17) is 0 Å². The van der Waals surface area contributed by atoms with Crippen LogP contribution in [0.2, 0.25) is 0 Å². The van der Waals surface area contributed by atoms with Gasteiger partial charge in [0.1, 0.15) is 5.82 Å². The molecule has 0 bridgehead atoms. The first-order valence-electron chi connectivity index (χ1n) is 6.97. The maximum atomic E-state index is 13.8. The molecular formula is C16H27FN2. The SMILES string of the molecule is CCCNC(c1ccc(C)c(F)c1)C(C)(C)N(C)C. The maximum absolute atomic E-state index is 13.8. The van der Waals surface area contributed by atoms with Gasteiger partial charge in [-0.3, -0.25) is 0 Å². The lowest BCUT2D eigenvalue weighted by Gasteiger charge is -2.41. The molecule has 0 heterocycles. The summed E-state index contributed by atoms with van der Waals surface area (Å²) in [5, 5.41) is 3.55. The molecule has 1 N–H and O–H groups in total. The Morgan fingerprint density at radius 3 is 2.42 bits per heavy atom. The largest absolute Gasteiger partial charge is 0.308 e. The van der Waals surface area contributed by atoms with Gasteiger partial charge in [-0.1, -0.05) is 19.1 Å². The molecule has 0 aliphatic rings. The Hall–Kier alpha value is -0.930. The van der Waals surface area contributed by atoms with Crippen LogP contribution in [0.5, 0.6) is 0 Å². The minimum Gasteiger partial charge on any atom is -0.308 e. The van der Waals surface area contributed by atoms with Gasteiger partial charge < -0.3 is 10.2 Å². The van der Waals surface area contributed by atoms with Gasteiger partial charge in [0.15, 0.2) is 0 Å². The van der Waals surface area contributed by atoms with E-state index in [1.165, 1.54) is 0 Å². The molecule has 1 atom stereocenters. The normalized spacial score (nSPS) is 13.9. The van der Waals surface area contributed by atoms with Crippen molar-refractivity contribution in [1.82, 2.24) is 10.2 Å². The molecule has 0 amide bonds. The molecule has 0 aliphatic carbocycles. The molecule has 0 saturated heterocycles. The number of hydrogen-bond donors (Lipinski definition) is 1. The zero-order valence-electron chi connectivity index (χ0n) is 13.0. The maximum Gasteiger partial charge on any atom is 0.126 e. The number of nitrogens with zero attached hydrogens (tertiary/aromatic N) is 1. The molecule has 0 aromatic heterocycles. The van der Waals surface area contributed by atoms with Crippen molar-refractivity contribution < 1.29 is 4.39 Å². The van der Waals surface area contributed by atoms with Crippen molar-refractivity contribution in [3.05, 3.63) is 35.1 Å². The van der Waals surface area contributed by atoms with Crippen LogP contribution in [0.15, 0.2) is 18.2 Å². The van der Waals surface area contributed by atoms with Crippen molar-refractivity contribution in [1.29, 1.82) is 0 Å². The summed E-state index contributed by atoms with van der Waals surface area (Å²) < 4.78 is 13.8. The highest BCUT2D eigenvalue weighted by Gasteiger charge is 2.32. The number of rotatable bonds is 6. The quantitative estimate of drug-likeness (QED) is 0.847. The average molecular weight is 266 g/mol. The lowest BCUT2D eigenvalue weighted by molar-refractivity contribution is 0.138. The fraction of sp³-hybridized carbons (Fsp3) is 0.625. The average Bonchev–Trinajstić information content (AvgIpc) is 2.33. The molecule has 1 unspecified atom stereocenters. The molecule has 1 aromatic carbocycles. The molecular weight excluding hydrogens is 239 g/mol. The fourth-order valence-electron chi connectivity index (χ4n) is 2.11. The Bertz CT molecular complexity index is 413. The van der Waals surface area contributed by atoms with E-state index in [1.807, 2.05) is 12.1 Å².